The van der Waals surface area contributed by atoms with E-state index in [0.717, 1.165) is 24.2 Å². The Bertz CT molecular complexity index is 1020. The van der Waals surface area contributed by atoms with Gasteiger partial charge < -0.3 is 14.2 Å². The number of rotatable bonds is 11. The molecule has 0 heterocycles. The highest BCUT2D eigenvalue weighted by Crippen LogP contribution is 2.27. The number of amides is 1. The molecule has 3 aromatic rings. The summed E-state index contributed by atoms with van der Waals surface area (Å²) < 4.78 is 17.0. The fourth-order valence-electron chi connectivity index (χ4n) is 2.96. The Morgan fingerprint density at radius 2 is 1.69 bits per heavy atom. The monoisotopic (exact) mass is 432 g/mol. The van der Waals surface area contributed by atoms with Crippen molar-refractivity contribution in [2.24, 2.45) is 5.10 Å². The predicted molar refractivity (Wildman–Crippen MR) is 126 cm³/mol. The third-order valence-electron chi connectivity index (χ3n) is 4.75. The molecule has 0 aliphatic carbocycles. The molecule has 0 aromatic heterocycles. The zero-order valence-corrected chi connectivity index (χ0v) is 18.4. The van der Waals surface area contributed by atoms with E-state index in [1.54, 1.807) is 43.7 Å². The maximum atomic E-state index is 12.0. The van der Waals surface area contributed by atoms with Crippen molar-refractivity contribution in [2.45, 2.75) is 19.8 Å². The Morgan fingerprint density at radius 3 is 2.41 bits per heavy atom. The topological polar surface area (TPSA) is 69.2 Å². The van der Waals surface area contributed by atoms with Crippen LogP contribution in [-0.4, -0.2) is 32.4 Å². The SMILES string of the molecule is CCc1ccc(OCCCOc2ccc(/C=N/NC(=O)c3ccccc3)cc2OC)cc1. The maximum Gasteiger partial charge on any atom is 0.271 e. The molecule has 0 radical (unpaired) electrons. The van der Waals surface area contributed by atoms with Crippen LogP contribution in [0.1, 0.15) is 34.8 Å². The minimum atomic E-state index is -0.266. The third kappa shape index (κ3) is 6.87. The van der Waals surface area contributed by atoms with E-state index < -0.39 is 0 Å². The molecule has 0 spiro atoms. The largest absolute Gasteiger partial charge is 0.493 e. The Kier molecular flexibility index (Phi) is 8.69. The summed E-state index contributed by atoms with van der Waals surface area (Å²) in [5.74, 6) is 1.84. The summed E-state index contributed by atoms with van der Waals surface area (Å²) >= 11 is 0. The molecule has 0 aliphatic heterocycles. The smallest absolute Gasteiger partial charge is 0.271 e. The first-order valence-electron chi connectivity index (χ1n) is 10.6. The van der Waals surface area contributed by atoms with Crippen LogP contribution < -0.4 is 19.6 Å². The number of hydrazone groups is 1. The summed E-state index contributed by atoms with van der Waals surface area (Å²) in [4.78, 5) is 12.0. The quantitative estimate of drug-likeness (QED) is 0.267. The van der Waals surface area contributed by atoms with Crippen molar-refractivity contribution < 1.29 is 19.0 Å². The second-order valence-electron chi connectivity index (χ2n) is 7.02. The van der Waals surface area contributed by atoms with Crippen molar-refractivity contribution in [1.29, 1.82) is 0 Å². The second kappa shape index (κ2) is 12.2. The lowest BCUT2D eigenvalue weighted by Gasteiger charge is -2.12. The number of carbonyl (C=O) groups excluding carboxylic acids is 1. The Morgan fingerprint density at radius 1 is 0.938 bits per heavy atom. The predicted octanol–water partition coefficient (Wildman–Crippen LogP) is 4.87. The standard InChI is InChI=1S/C26H28N2O4/c1-3-20-10-13-23(14-11-20)31-16-7-17-32-24-15-12-21(18-25(24)30-2)19-27-28-26(29)22-8-5-4-6-9-22/h4-6,8-15,18-19H,3,7,16-17H2,1-2H3,(H,28,29)/b27-19+. The van der Waals surface area contributed by atoms with Crippen molar-refractivity contribution in [2.75, 3.05) is 20.3 Å². The highest BCUT2D eigenvalue weighted by Gasteiger charge is 2.06. The number of carbonyl (C=O) groups is 1. The molecule has 0 bridgehead atoms. The van der Waals surface area contributed by atoms with Crippen LogP contribution in [0.25, 0.3) is 0 Å². The second-order valence-corrected chi connectivity index (χ2v) is 7.02. The van der Waals surface area contributed by atoms with Gasteiger partial charge in [-0.3, -0.25) is 4.79 Å². The number of hydrogen-bond donors (Lipinski definition) is 1. The van der Waals surface area contributed by atoms with E-state index in [2.05, 4.69) is 29.6 Å². The summed E-state index contributed by atoms with van der Waals surface area (Å²) in [5.41, 5.74) is 5.13. The van der Waals surface area contributed by atoms with Crippen molar-refractivity contribution in [3.8, 4) is 17.2 Å². The van der Waals surface area contributed by atoms with Crippen LogP contribution in [0, 0.1) is 0 Å². The fraction of sp³-hybridized carbons (Fsp3) is 0.231. The number of aryl methyl sites for hydroxylation is 1. The summed E-state index contributed by atoms with van der Waals surface area (Å²) in [5, 5.41) is 4.01. The zero-order valence-electron chi connectivity index (χ0n) is 18.4. The highest BCUT2D eigenvalue weighted by atomic mass is 16.5. The van der Waals surface area contributed by atoms with Crippen molar-refractivity contribution in [3.05, 3.63) is 89.5 Å². The Balaban J connectivity index is 1.45. The summed E-state index contributed by atoms with van der Waals surface area (Å²) in [6, 6.07) is 22.5. The van der Waals surface area contributed by atoms with E-state index >= 15 is 0 Å². The number of methoxy groups -OCH3 is 1. The van der Waals surface area contributed by atoms with E-state index in [1.807, 2.05) is 30.3 Å². The van der Waals surface area contributed by atoms with Gasteiger partial charge in [0.2, 0.25) is 0 Å². The van der Waals surface area contributed by atoms with Gasteiger partial charge in [-0.25, -0.2) is 5.43 Å². The van der Waals surface area contributed by atoms with Crippen LogP contribution in [0.4, 0.5) is 0 Å². The van der Waals surface area contributed by atoms with E-state index in [4.69, 9.17) is 14.2 Å². The minimum absolute atomic E-state index is 0.266. The van der Waals surface area contributed by atoms with Crippen molar-refractivity contribution in [1.82, 2.24) is 5.43 Å². The molecule has 0 saturated heterocycles. The van der Waals surface area contributed by atoms with E-state index in [0.29, 0.717) is 30.3 Å². The van der Waals surface area contributed by atoms with Crippen LogP contribution in [0.3, 0.4) is 0 Å². The van der Waals surface area contributed by atoms with Crippen LogP contribution >= 0.6 is 0 Å². The molecule has 166 valence electrons. The van der Waals surface area contributed by atoms with Gasteiger partial charge in [-0.05, 0) is 60.0 Å². The first-order chi connectivity index (χ1) is 15.7. The molecule has 32 heavy (non-hydrogen) atoms. The molecule has 6 nitrogen and oxygen atoms in total. The van der Waals surface area contributed by atoms with Gasteiger partial charge in [0.1, 0.15) is 5.75 Å². The van der Waals surface area contributed by atoms with Crippen LogP contribution in [0.2, 0.25) is 0 Å². The number of nitrogens with one attached hydrogen (secondary N) is 1. The first kappa shape index (κ1) is 22.9. The number of hydrogen-bond acceptors (Lipinski definition) is 5. The van der Waals surface area contributed by atoms with E-state index in [9.17, 15) is 4.79 Å². The van der Waals surface area contributed by atoms with E-state index in [-0.39, 0.29) is 5.91 Å². The van der Waals surface area contributed by atoms with Gasteiger partial charge in [0.05, 0.1) is 26.5 Å². The average Bonchev–Trinajstić information content (AvgIpc) is 2.85. The zero-order chi connectivity index (χ0) is 22.6. The molecule has 3 rings (SSSR count). The van der Waals surface area contributed by atoms with Gasteiger partial charge in [-0.15, -0.1) is 0 Å². The summed E-state index contributed by atoms with van der Waals surface area (Å²) in [6.45, 7) is 3.20. The molecular formula is C26H28N2O4. The summed E-state index contributed by atoms with van der Waals surface area (Å²) in [7, 11) is 1.59. The Hall–Kier alpha value is -3.80. The normalized spacial score (nSPS) is 10.7. The number of ether oxygens (including phenoxy) is 3. The average molecular weight is 433 g/mol. The number of benzene rings is 3. The van der Waals surface area contributed by atoms with Gasteiger partial charge in [-0.2, -0.15) is 5.10 Å². The molecule has 0 unspecified atom stereocenters. The lowest BCUT2D eigenvalue weighted by atomic mass is 10.2. The fourth-order valence-corrected chi connectivity index (χ4v) is 2.96. The van der Waals surface area contributed by atoms with Crippen molar-refractivity contribution >= 4 is 12.1 Å². The lowest BCUT2D eigenvalue weighted by Crippen LogP contribution is -2.17. The molecule has 0 fully saturated rings. The van der Waals surface area contributed by atoms with Crippen LogP contribution in [0.5, 0.6) is 17.2 Å². The molecule has 3 aromatic carbocycles. The molecule has 1 amide bonds. The highest BCUT2D eigenvalue weighted by molar-refractivity contribution is 5.94. The molecule has 0 atom stereocenters. The Labute approximate surface area is 188 Å². The van der Waals surface area contributed by atoms with Gasteiger partial charge >= 0.3 is 0 Å². The molecular weight excluding hydrogens is 404 g/mol. The molecule has 0 aliphatic rings. The first-order valence-corrected chi connectivity index (χ1v) is 10.6. The van der Waals surface area contributed by atoms with Crippen molar-refractivity contribution in [3.63, 3.8) is 0 Å². The lowest BCUT2D eigenvalue weighted by molar-refractivity contribution is 0.0955. The van der Waals surface area contributed by atoms with Gasteiger partial charge in [0, 0.05) is 12.0 Å². The van der Waals surface area contributed by atoms with Gasteiger partial charge in [0.15, 0.2) is 11.5 Å². The minimum Gasteiger partial charge on any atom is -0.493 e. The maximum absolute atomic E-state index is 12.0. The van der Waals surface area contributed by atoms with E-state index in [1.165, 1.54) is 5.56 Å². The van der Waals surface area contributed by atoms with Crippen LogP contribution in [0.15, 0.2) is 77.9 Å². The third-order valence-corrected chi connectivity index (χ3v) is 4.75. The van der Waals surface area contributed by atoms with Gasteiger partial charge in [-0.1, -0.05) is 37.3 Å². The molecule has 6 heteroatoms. The van der Waals surface area contributed by atoms with Gasteiger partial charge in [0.25, 0.3) is 5.91 Å². The number of nitrogens with zero attached hydrogens (tertiary/aromatic N) is 1. The van der Waals surface area contributed by atoms with Crippen LogP contribution in [-0.2, 0) is 6.42 Å². The summed E-state index contributed by atoms with van der Waals surface area (Å²) in [6.07, 6.45) is 3.32. The molecule has 0 saturated carbocycles. The molecule has 1 N–H and O–H groups in total.